The van der Waals surface area contributed by atoms with E-state index in [9.17, 15) is 20.0 Å². The van der Waals surface area contributed by atoms with Crippen molar-refractivity contribution in [3.05, 3.63) is 39.9 Å². The van der Waals surface area contributed by atoms with Crippen LogP contribution in [0.3, 0.4) is 0 Å². The molecule has 1 aliphatic rings. The number of hydrogen-bond acceptors (Lipinski definition) is 4. The van der Waals surface area contributed by atoms with Gasteiger partial charge in [-0.2, -0.15) is 0 Å². The predicted molar refractivity (Wildman–Crippen MR) is 73.2 cm³/mol. The Hall–Kier alpha value is -1.95. The lowest BCUT2D eigenvalue weighted by Gasteiger charge is -2.34. The molecule has 0 saturated carbocycles. The maximum absolute atomic E-state index is 12.3. The van der Waals surface area contributed by atoms with Crippen LogP contribution >= 0.6 is 0 Å². The average Bonchev–Trinajstić information content (AvgIpc) is 2.47. The van der Waals surface area contributed by atoms with Crippen LogP contribution in [-0.4, -0.2) is 40.0 Å². The number of piperidine rings is 1. The van der Waals surface area contributed by atoms with E-state index in [-0.39, 0.29) is 30.7 Å². The fourth-order valence-electron chi connectivity index (χ4n) is 2.57. The third-order valence-corrected chi connectivity index (χ3v) is 3.63. The van der Waals surface area contributed by atoms with Gasteiger partial charge in [0.25, 0.3) is 5.69 Å². The molecule has 1 unspecified atom stereocenters. The molecule has 0 aliphatic carbocycles. The fraction of sp³-hybridized carbons (Fsp3) is 0.500. The van der Waals surface area contributed by atoms with E-state index in [1.54, 1.807) is 17.0 Å². The maximum atomic E-state index is 12.3. The molecule has 1 fully saturated rings. The van der Waals surface area contributed by atoms with E-state index in [1.807, 2.05) is 0 Å². The highest BCUT2D eigenvalue weighted by Crippen LogP contribution is 2.19. The monoisotopic (exact) mass is 278 g/mol. The molecule has 1 aromatic rings. The van der Waals surface area contributed by atoms with Gasteiger partial charge < -0.3 is 10.0 Å². The van der Waals surface area contributed by atoms with Crippen molar-refractivity contribution in [1.82, 2.24) is 4.90 Å². The first-order valence-electron chi connectivity index (χ1n) is 6.75. The van der Waals surface area contributed by atoms with Crippen LogP contribution < -0.4 is 0 Å². The summed E-state index contributed by atoms with van der Waals surface area (Å²) in [6.07, 6.45) is 2.92. The zero-order chi connectivity index (χ0) is 14.5. The van der Waals surface area contributed by atoms with E-state index in [0.717, 1.165) is 19.3 Å². The summed E-state index contributed by atoms with van der Waals surface area (Å²) in [5.41, 5.74) is 0.624. The lowest BCUT2D eigenvalue weighted by molar-refractivity contribution is -0.384. The molecule has 1 aliphatic heterocycles. The molecule has 0 spiro atoms. The third kappa shape index (κ3) is 3.33. The number of non-ortho nitro benzene ring substituents is 1. The van der Waals surface area contributed by atoms with Crippen LogP contribution in [0.2, 0.25) is 0 Å². The minimum Gasteiger partial charge on any atom is -0.394 e. The second-order valence-corrected chi connectivity index (χ2v) is 5.02. The second kappa shape index (κ2) is 6.47. The number of amides is 1. The molecule has 1 heterocycles. The largest absolute Gasteiger partial charge is 0.394 e. The molecule has 1 amide bonds. The first-order valence-corrected chi connectivity index (χ1v) is 6.75. The van der Waals surface area contributed by atoms with Crippen LogP contribution in [0.5, 0.6) is 0 Å². The predicted octanol–water partition coefficient (Wildman–Crippen LogP) is 1.51. The van der Waals surface area contributed by atoms with Gasteiger partial charge in [-0.1, -0.05) is 12.1 Å². The number of carbonyl (C=O) groups excluding carboxylic acids is 1. The molecule has 6 nitrogen and oxygen atoms in total. The molecule has 1 saturated heterocycles. The lowest BCUT2D eigenvalue weighted by Crippen LogP contribution is -2.46. The Labute approximate surface area is 117 Å². The van der Waals surface area contributed by atoms with Crippen LogP contribution in [0.25, 0.3) is 0 Å². The van der Waals surface area contributed by atoms with Crippen molar-refractivity contribution in [2.75, 3.05) is 13.2 Å². The summed E-state index contributed by atoms with van der Waals surface area (Å²) < 4.78 is 0. The van der Waals surface area contributed by atoms with Gasteiger partial charge >= 0.3 is 0 Å². The van der Waals surface area contributed by atoms with Crippen LogP contribution in [-0.2, 0) is 11.2 Å². The van der Waals surface area contributed by atoms with Crippen LogP contribution in [0.4, 0.5) is 5.69 Å². The van der Waals surface area contributed by atoms with Gasteiger partial charge in [-0.15, -0.1) is 0 Å². The molecule has 1 aromatic carbocycles. The maximum Gasteiger partial charge on any atom is 0.269 e. The quantitative estimate of drug-likeness (QED) is 0.668. The minimum absolute atomic E-state index is 0.00680. The highest BCUT2D eigenvalue weighted by molar-refractivity contribution is 5.79. The van der Waals surface area contributed by atoms with Crippen molar-refractivity contribution in [2.24, 2.45) is 0 Å². The normalized spacial score (nSPS) is 18.9. The summed E-state index contributed by atoms with van der Waals surface area (Å²) in [6.45, 7) is 0.625. The zero-order valence-electron chi connectivity index (χ0n) is 11.2. The topological polar surface area (TPSA) is 83.7 Å². The standard InChI is InChI=1S/C14H18N2O4/c17-10-13-5-1-2-7-15(13)14(18)9-11-4-3-6-12(8-11)16(19)20/h3-4,6,8,13,17H,1-2,5,7,9-10H2. The van der Waals surface area contributed by atoms with Gasteiger partial charge in [0.05, 0.1) is 24.0 Å². The van der Waals surface area contributed by atoms with E-state index < -0.39 is 4.92 Å². The van der Waals surface area contributed by atoms with Gasteiger partial charge in [-0.05, 0) is 24.8 Å². The van der Waals surface area contributed by atoms with Gasteiger partial charge in [-0.3, -0.25) is 14.9 Å². The van der Waals surface area contributed by atoms with Crippen molar-refractivity contribution in [3.8, 4) is 0 Å². The minimum atomic E-state index is -0.467. The zero-order valence-corrected chi connectivity index (χ0v) is 11.2. The van der Waals surface area contributed by atoms with Crippen LogP contribution in [0.15, 0.2) is 24.3 Å². The summed E-state index contributed by atoms with van der Waals surface area (Å²) in [5, 5.41) is 20.0. The molecule has 0 aromatic heterocycles. The molecular weight excluding hydrogens is 260 g/mol. The Morgan fingerprint density at radius 2 is 2.25 bits per heavy atom. The Morgan fingerprint density at radius 1 is 1.45 bits per heavy atom. The van der Waals surface area contributed by atoms with Crippen LogP contribution in [0.1, 0.15) is 24.8 Å². The summed E-state index contributed by atoms with van der Waals surface area (Å²) in [5.74, 6) is -0.0794. The van der Waals surface area contributed by atoms with Gasteiger partial charge in [-0.25, -0.2) is 0 Å². The van der Waals surface area contributed by atoms with Crippen molar-refractivity contribution >= 4 is 11.6 Å². The first kappa shape index (κ1) is 14.5. The number of hydrogen-bond donors (Lipinski definition) is 1. The SMILES string of the molecule is O=C(Cc1cccc([N+](=O)[O-])c1)N1CCCCC1CO. The molecule has 20 heavy (non-hydrogen) atoms. The number of aliphatic hydroxyl groups excluding tert-OH is 1. The number of likely N-dealkylation sites (tertiary alicyclic amines) is 1. The fourth-order valence-corrected chi connectivity index (χ4v) is 2.57. The molecule has 108 valence electrons. The molecule has 1 N–H and O–H groups in total. The molecule has 0 radical (unpaired) electrons. The number of nitro benzene ring substituents is 1. The van der Waals surface area contributed by atoms with Gasteiger partial charge in [0, 0.05) is 18.7 Å². The molecule has 6 heteroatoms. The Bertz CT molecular complexity index is 504. The van der Waals surface area contributed by atoms with Gasteiger partial charge in [0.15, 0.2) is 0 Å². The number of rotatable bonds is 4. The number of benzene rings is 1. The Kier molecular flexibility index (Phi) is 4.68. The van der Waals surface area contributed by atoms with Gasteiger partial charge in [0.2, 0.25) is 5.91 Å². The summed E-state index contributed by atoms with van der Waals surface area (Å²) in [7, 11) is 0. The van der Waals surface area contributed by atoms with Gasteiger partial charge in [0.1, 0.15) is 0 Å². The summed E-state index contributed by atoms with van der Waals surface area (Å²) in [4.78, 5) is 24.2. The second-order valence-electron chi connectivity index (χ2n) is 5.02. The average molecular weight is 278 g/mol. The van der Waals surface area contributed by atoms with E-state index in [2.05, 4.69) is 0 Å². The van der Waals surface area contributed by atoms with Crippen molar-refractivity contribution in [2.45, 2.75) is 31.7 Å². The Balaban J connectivity index is 2.06. The first-order chi connectivity index (χ1) is 9.61. The van der Waals surface area contributed by atoms with Crippen LogP contribution in [0, 0.1) is 10.1 Å². The van der Waals surface area contributed by atoms with Crippen molar-refractivity contribution in [1.29, 1.82) is 0 Å². The number of carbonyl (C=O) groups is 1. The Morgan fingerprint density at radius 3 is 2.95 bits per heavy atom. The van der Waals surface area contributed by atoms with Crippen molar-refractivity contribution < 1.29 is 14.8 Å². The third-order valence-electron chi connectivity index (χ3n) is 3.63. The highest BCUT2D eigenvalue weighted by atomic mass is 16.6. The molecule has 0 bridgehead atoms. The highest BCUT2D eigenvalue weighted by Gasteiger charge is 2.26. The number of aliphatic hydroxyl groups is 1. The lowest BCUT2D eigenvalue weighted by atomic mass is 10.0. The van der Waals surface area contributed by atoms with Crippen molar-refractivity contribution in [3.63, 3.8) is 0 Å². The molecule has 2 rings (SSSR count). The molecular formula is C14H18N2O4. The van der Waals surface area contributed by atoms with E-state index in [1.165, 1.54) is 12.1 Å². The molecule has 1 atom stereocenters. The van der Waals surface area contributed by atoms with E-state index >= 15 is 0 Å². The van der Waals surface area contributed by atoms with E-state index in [0.29, 0.717) is 12.1 Å². The summed E-state index contributed by atoms with van der Waals surface area (Å²) >= 11 is 0. The van der Waals surface area contributed by atoms with E-state index in [4.69, 9.17) is 0 Å². The number of nitrogens with zero attached hydrogens (tertiary/aromatic N) is 2. The number of nitro groups is 1. The smallest absolute Gasteiger partial charge is 0.269 e. The summed E-state index contributed by atoms with van der Waals surface area (Å²) in [6, 6.07) is 6.01.